The molecule has 0 saturated carbocycles. The van der Waals surface area contributed by atoms with E-state index in [4.69, 9.17) is 10.2 Å². The van der Waals surface area contributed by atoms with E-state index in [-0.39, 0.29) is 5.91 Å². The molecular formula is C15H21N3O3. The van der Waals surface area contributed by atoms with Crippen molar-refractivity contribution < 1.29 is 9.21 Å². The van der Waals surface area contributed by atoms with Crippen LogP contribution in [-0.4, -0.2) is 17.0 Å². The Bertz CT molecular complexity index is 672. The minimum atomic E-state index is -0.409. The zero-order valence-electron chi connectivity index (χ0n) is 12.2. The van der Waals surface area contributed by atoms with Gasteiger partial charge in [0.15, 0.2) is 5.58 Å². The molecule has 0 bridgehead atoms. The number of carbonyl (C=O) groups is 1. The smallest absolute Gasteiger partial charge is 0.408 e. The molecule has 0 fully saturated rings. The van der Waals surface area contributed by atoms with Crippen LogP contribution in [0.1, 0.15) is 32.1 Å². The van der Waals surface area contributed by atoms with E-state index in [0.717, 1.165) is 25.7 Å². The van der Waals surface area contributed by atoms with Crippen LogP contribution in [0.3, 0.4) is 0 Å². The lowest BCUT2D eigenvalue weighted by Gasteiger charge is -2.05. The van der Waals surface area contributed by atoms with E-state index in [1.807, 2.05) is 0 Å². The van der Waals surface area contributed by atoms with Gasteiger partial charge in [-0.2, -0.15) is 0 Å². The van der Waals surface area contributed by atoms with Gasteiger partial charge in [0.25, 0.3) is 0 Å². The molecule has 114 valence electrons. The second-order valence-corrected chi connectivity index (χ2v) is 5.11. The molecule has 1 amide bonds. The summed E-state index contributed by atoms with van der Waals surface area (Å²) in [6, 6.07) is 5.16. The van der Waals surface area contributed by atoms with Crippen LogP contribution in [0, 0.1) is 0 Å². The van der Waals surface area contributed by atoms with E-state index >= 15 is 0 Å². The van der Waals surface area contributed by atoms with Crippen LogP contribution in [0.2, 0.25) is 0 Å². The van der Waals surface area contributed by atoms with Crippen molar-refractivity contribution in [3.8, 4) is 0 Å². The highest BCUT2D eigenvalue weighted by Gasteiger charge is 2.08. The number of amides is 1. The quantitative estimate of drug-likeness (QED) is 0.763. The van der Waals surface area contributed by atoms with Crippen molar-refractivity contribution in [2.45, 2.75) is 32.1 Å². The third-order valence-electron chi connectivity index (χ3n) is 3.43. The van der Waals surface area contributed by atoms with E-state index in [9.17, 15) is 9.59 Å². The first-order valence-electron chi connectivity index (χ1n) is 7.21. The molecular weight excluding hydrogens is 270 g/mol. The van der Waals surface area contributed by atoms with E-state index in [0.29, 0.717) is 29.8 Å². The predicted octanol–water partition coefficient (Wildman–Crippen LogP) is 1.98. The molecule has 2 rings (SSSR count). The number of aryl methyl sites for hydroxylation is 1. The van der Waals surface area contributed by atoms with Gasteiger partial charge in [0, 0.05) is 19.2 Å². The number of benzene rings is 1. The van der Waals surface area contributed by atoms with Gasteiger partial charge < -0.3 is 15.5 Å². The third-order valence-corrected chi connectivity index (χ3v) is 3.43. The van der Waals surface area contributed by atoms with E-state index in [2.05, 4.69) is 5.32 Å². The fourth-order valence-electron chi connectivity index (χ4n) is 2.21. The number of carbonyl (C=O) groups excluding carboxylic acids is 1. The lowest BCUT2D eigenvalue weighted by molar-refractivity contribution is -0.116. The van der Waals surface area contributed by atoms with Gasteiger partial charge in [-0.1, -0.05) is 12.8 Å². The van der Waals surface area contributed by atoms with Gasteiger partial charge in [-0.3, -0.25) is 9.36 Å². The van der Waals surface area contributed by atoms with Crippen LogP contribution >= 0.6 is 0 Å². The molecule has 0 unspecified atom stereocenters. The second-order valence-electron chi connectivity index (χ2n) is 5.11. The van der Waals surface area contributed by atoms with Crippen LogP contribution in [-0.2, 0) is 11.8 Å². The molecule has 0 aliphatic heterocycles. The Hall–Kier alpha value is -2.08. The monoisotopic (exact) mass is 291 g/mol. The molecule has 0 saturated heterocycles. The molecule has 0 atom stereocenters. The summed E-state index contributed by atoms with van der Waals surface area (Å²) in [5.74, 6) is -0.427. The molecule has 6 nitrogen and oxygen atoms in total. The van der Waals surface area contributed by atoms with Crippen molar-refractivity contribution in [1.29, 1.82) is 0 Å². The Morgan fingerprint density at radius 3 is 2.81 bits per heavy atom. The summed E-state index contributed by atoms with van der Waals surface area (Å²) in [4.78, 5) is 23.2. The lowest BCUT2D eigenvalue weighted by Crippen LogP contribution is -2.11. The Labute approximate surface area is 122 Å². The average Bonchev–Trinajstić information content (AvgIpc) is 2.74. The minimum Gasteiger partial charge on any atom is -0.408 e. The molecule has 6 heteroatoms. The molecule has 0 aliphatic carbocycles. The first-order chi connectivity index (χ1) is 10.1. The average molecular weight is 291 g/mol. The Balaban J connectivity index is 1.92. The molecule has 0 aliphatic rings. The summed E-state index contributed by atoms with van der Waals surface area (Å²) in [6.45, 7) is 0.704. The number of nitrogens with one attached hydrogen (secondary N) is 1. The summed E-state index contributed by atoms with van der Waals surface area (Å²) in [5, 5.41) is 2.84. The fourth-order valence-corrected chi connectivity index (χ4v) is 2.21. The van der Waals surface area contributed by atoms with Crippen LogP contribution < -0.4 is 16.8 Å². The number of fused-ring (bicyclic) bond motifs is 1. The number of oxazole rings is 1. The Kier molecular flexibility index (Phi) is 5.16. The number of nitrogens with zero attached hydrogens (tertiary/aromatic N) is 1. The summed E-state index contributed by atoms with van der Waals surface area (Å²) >= 11 is 0. The van der Waals surface area contributed by atoms with Crippen molar-refractivity contribution in [3.63, 3.8) is 0 Å². The van der Waals surface area contributed by atoms with Gasteiger partial charge in [0.1, 0.15) is 0 Å². The predicted molar refractivity (Wildman–Crippen MR) is 82.2 cm³/mol. The van der Waals surface area contributed by atoms with Crippen LogP contribution in [0.5, 0.6) is 0 Å². The number of hydrogen-bond donors (Lipinski definition) is 2. The standard InChI is InChI=1S/C15H21N3O3/c1-18-12-10-11(7-8-13(12)21-15(18)20)17-14(19)6-4-2-3-5-9-16/h7-8,10H,2-6,9,16H2,1H3,(H,17,19). The Morgan fingerprint density at radius 2 is 2.05 bits per heavy atom. The van der Waals surface area contributed by atoms with Crippen LogP contribution in [0.15, 0.2) is 27.4 Å². The summed E-state index contributed by atoms with van der Waals surface area (Å²) < 4.78 is 6.46. The first-order valence-corrected chi connectivity index (χ1v) is 7.21. The van der Waals surface area contributed by atoms with Gasteiger partial charge in [0.05, 0.1) is 5.52 Å². The van der Waals surface area contributed by atoms with E-state index in [1.54, 1.807) is 25.2 Å². The topological polar surface area (TPSA) is 90.3 Å². The SMILES string of the molecule is Cn1c(=O)oc2ccc(NC(=O)CCCCCCN)cc21. The van der Waals surface area contributed by atoms with Crippen molar-refractivity contribution in [2.24, 2.45) is 12.8 Å². The maximum atomic E-state index is 11.8. The number of anilines is 1. The molecule has 2 aromatic rings. The third kappa shape index (κ3) is 3.95. The lowest BCUT2D eigenvalue weighted by atomic mass is 10.1. The molecule has 21 heavy (non-hydrogen) atoms. The summed E-state index contributed by atoms with van der Waals surface area (Å²) in [6.07, 6.45) is 4.44. The fraction of sp³-hybridized carbons (Fsp3) is 0.467. The van der Waals surface area contributed by atoms with E-state index < -0.39 is 5.76 Å². The molecule has 1 aromatic heterocycles. The molecule has 0 radical (unpaired) electrons. The van der Waals surface area contributed by atoms with Crippen molar-refractivity contribution in [2.75, 3.05) is 11.9 Å². The van der Waals surface area contributed by atoms with Gasteiger partial charge >= 0.3 is 5.76 Å². The largest absolute Gasteiger partial charge is 0.419 e. The molecule has 0 spiro atoms. The maximum absolute atomic E-state index is 11.8. The zero-order valence-corrected chi connectivity index (χ0v) is 12.2. The number of hydrogen-bond acceptors (Lipinski definition) is 4. The highest BCUT2D eigenvalue weighted by molar-refractivity contribution is 5.92. The first kappa shape index (κ1) is 15.3. The van der Waals surface area contributed by atoms with Gasteiger partial charge in [-0.15, -0.1) is 0 Å². The highest BCUT2D eigenvalue weighted by Crippen LogP contribution is 2.18. The Morgan fingerprint density at radius 1 is 1.29 bits per heavy atom. The number of nitrogens with two attached hydrogens (primary N) is 1. The molecule has 1 heterocycles. The molecule has 3 N–H and O–H groups in total. The molecule has 1 aromatic carbocycles. The van der Waals surface area contributed by atoms with Crippen LogP contribution in [0.4, 0.5) is 5.69 Å². The maximum Gasteiger partial charge on any atom is 0.419 e. The number of rotatable bonds is 7. The number of unbranched alkanes of at least 4 members (excludes halogenated alkanes) is 3. The van der Waals surface area contributed by atoms with Crippen molar-refractivity contribution in [1.82, 2.24) is 4.57 Å². The van der Waals surface area contributed by atoms with Crippen LogP contribution in [0.25, 0.3) is 11.1 Å². The zero-order chi connectivity index (χ0) is 15.2. The van der Waals surface area contributed by atoms with Crippen molar-refractivity contribution in [3.05, 3.63) is 28.7 Å². The summed E-state index contributed by atoms with van der Waals surface area (Å²) in [5.41, 5.74) is 7.28. The number of aromatic nitrogens is 1. The normalized spacial score (nSPS) is 11.0. The van der Waals surface area contributed by atoms with Crippen molar-refractivity contribution >= 4 is 22.7 Å². The van der Waals surface area contributed by atoms with Gasteiger partial charge in [-0.25, -0.2) is 4.79 Å². The summed E-state index contributed by atoms with van der Waals surface area (Å²) in [7, 11) is 1.64. The van der Waals surface area contributed by atoms with Gasteiger partial charge in [0.2, 0.25) is 5.91 Å². The van der Waals surface area contributed by atoms with E-state index in [1.165, 1.54) is 4.57 Å². The highest BCUT2D eigenvalue weighted by atomic mass is 16.4. The van der Waals surface area contributed by atoms with Gasteiger partial charge in [-0.05, 0) is 37.6 Å². The second kappa shape index (κ2) is 7.08. The minimum absolute atomic E-state index is 0.0180.